The highest BCUT2D eigenvalue weighted by molar-refractivity contribution is 7.59. The average Bonchev–Trinajstić information content (AvgIpc) is 2.48. The van der Waals surface area contributed by atoms with E-state index in [0.29, 0.717) is 19.4 Å². The first-order chi connectivity index (χ1) is 10.2. The number of aliphatic hydroxyl groups excluding tert-OH is 1. The van der Waals surface area contributed by atoms with Crippen molar-refractivity contribution in [3.8, 4) is 5.75 Å². The molecule has 2 aliphatic heterocycles. The Kier molecular flexibility index (Phi) is 6.12. The van der Waals surface area contributed by atoms with Gasteiger partial charge in [0.05, 0.1) is 19.4 Å². The zero-order chi connectivity index (χ0) is 14.8. The molecule has 22 heavy (non-hydrogen) atoms. The van der Waals surface area contributed by atoms with Crippen LogP contribution in [-0.4, -0.2) is 42.5 Å². The lowest BCUT2D eigenvalue weighted by molar-refractivity contribution is -0.0169. The molecule has 0 radical (unpaired) electrons. The fourth-order valence-electron chi connectivity index (χ4n) is 3.76. The summed E-state index contributed by atoms with van der Waals surface area (Å²) in [6.45, 7) is 4.13. The van der Waals surface area contributed by atoms with Gasteiger partial charge < -0.3 is 9.84 Å². The first kappa shape index (κ1) is 17.6. The summed E-state index contributed by atoms with van der Waals surface area (Å²) in [6.07, 6.45) is 1.80. The molecule has 0 saturated carbocycles. The lowest BCUT2D eigenvalue weighted by atomic mass is 9.81. The van der Waals surface area contributed by atoms with Crippen molar-refractivity contribution >= 4 is 13.5 Å². The van der Waals surface area contributed by atoms with Crippen LogP contribution in [0.1, 0.15) is 36.9 Å². The van der Waals surface area contributed by atoms with E-state index in [2.05, 4.69) is 17.0 Å². The summed E-state index contributed by atoms with van der Waals surface area (Å²) < 4.78 is 18.2. The predicted octanol–water partition coefficient (Wildman–Crippen LogP) is 2.84. The Hall–Kier alpha value is -0.780. The van der Waals surface area contributed by atoms with E-state index in [-0.39, 0.29) is 38.2 Å². The van der Waals surface area contributed by atoms with E-state index in [1.165, 1.54) is 11.1 Å². The zero-order valence-electron chi connectivity index (χ0n) is 13.1. The third-order valence-corrected chi connectivity index (χ3v) is 4.85. The molecule has 0 amide bonds. The van der Waals surface area contributed by atoms with E-state index >= 15 is 0 Å². The average molecular weight is 327 g/mol. The van der Waals surface area contributed by atoms with Crippen LogP contribution in [0, 0.1) is 5.92 Å². The minimum absolute atomic E-state index is 0. The SMILES string of the molecule is CCOc1ccc2c(c1)CCN1C[C@@H](CC[19F])[C@@H](O)C[C@H]21.S. The molecule has 1 aromatic rings. The van der Waals surface area contributed by atoms with Gasteiger partial charge in [0.2, 0.25) is 0 Å². The third kappa shape index (κ3) is 3.42. The molecular weight excluding hydrogens is 301 g/mol. The Labute approximate surface area is 138 Å². The van der Waals surface area contributed by atoms with Crippen molar-refractivity contribution in [1.29, 1.82) is 0 Å². The minimum atomic E-state index is -0.389. The van der Waals surface area contributed by atoms with Crippen LogP contribution >= 0.6 is 13.5 Å². The number of benzene rings is 1. The lowest BCUT2D eigenvalue weighted by Gasteiger charge is -2.45. The summed E-state index contributed by atoms with van der Waals surface area (Å²) in [5.41, 5.74) is 2.64. The van der Waals surface area contributed by atoms with Crippen LogP contribution in [0.25, 0.3) is 0 Å². The van der Waals surface area contributed by atoms with Gasteiger partial charge in [0.25, 0.3) is 0 Å². The first-order valence-electron chi connectivity index (χ1n) is 7.96. The number of hydrogen-bond donors (Lipinski definition) is 1. The topological polar surface area (TPSA) is 32.7 Å². The quantitative estimate of drug-likeness (QED) is 0.923. The highest BCUT2D eigenvalue weighted by Crippen LogP contribution is 2.40. The van der Waals surface area contributed by atoms with Crippen molar-refractivity contribution in [3.63, 3.8) is 0 Å². The molecule has 3 atom stereocenters. The van der Waals surface area contributed by atoms with Gasteiger partial charge in [-0.1, -0.05) is 6.07 Å². The number of halogens is 1. The van der Waals surface area contributed by atoms with Crippen molar-refractivity contribution in [2.45, 2.75) is 38.3 Å². The van der Waals surface area contributed by atoms with Crippen LogP contribution in [0.4, 0.5) is 4.39 Å². The van der Waals surface area contributed by atoms with Gasteiger partial charge in [-0.25, -0.2) is 0 Å². The summed E-state index contributed by atoms with van der Waals surface area (Å²) in [4.78, 5) is 2.41. The molecule has 3 nitrogen and oxygen atoms in total. The number of piperidine rings is 1. The number of aliphatic hydroxyl groups is 1. The molecule has 0 aromatic heterocycles. The molecule has 124 valence electrons. The Bertz CT molecular complexity index is 500. The molecule has 0 bridgehead atoms. The molecule has 0 aliphatic carbocycles. The molecule has 2 heterocycles. The summed E-state index contributed by atoms with van der Waals surface area (Å²) in [7, 11) is 0. The van der Waals surface area contributed by atoms with Crippen LogP contribution in [0.5, 0.6) is 5.75 Å². The van der Waals surface area contributed by atoms with Gasteiger partial charge in [0.1, 0.15) is 5.75 Å². The van der Waals surface area contributed by atoms with Gasteiger partial charge in [-0.15, -0.1) is 0 Å². The molecule has 1 fully saturated rings. The Balaban J connectivity index is 0.00000176. The fraction of sp³-hybridized carbons (Fsp3) is 0.647. The minimum Gasteiger partial charge on any atom is -0.494 e. The van der Waals surface area contributed by atoms with Crippen LogP contribution in [0.2, 0.25) is 0 Å². The summed E-state index contributed by atoms with van der Waals surface area (Å²) >= 11 is 0. The van der Waals surface area contributed by atoms with Gasteiger partial charge in [0.15, 0.2) is 0 Å². The van der Waals surface area contributed by atoms with Gasteiger partial charge in [-0.2, -0.15) is 13.5 Å². The van der Waals surface area contributed by atoms with E-state index in [1.807, 2.05) is 13.0 Å². The van der Waals surface area contributed by atoms with Gasteiger partial charge >= 0.3 is 0 Å². The zero-order valence-corrected chi connectivity index (χ0v) is 14.1. The number of fused-ring (bicyclic) bond motifs is 3. The van der Waals surface area contributed by atoms with Crippen molar-refractivity contribution in [2.75, 3.05) is 26.4 Å². The van der Waals surface area contributed by atoms with E-state index < -0.39 is 0 Å². The van der Waals surface area contributed by atoms with Gasteiger partial charge in [-0.3, -0.25) is 9.29 Å². The van der Waals surface area contributed by atoms with Gasteiger partial charge in [-0.05, 0) is 49.4 Å². The van der Waals surface area contributed by atoms with Crippen molar-refractivity contribution in [1.82, 2.24) is 4.90 Å². The molecule has 1 aromatic carbocycles. The molecule has 0 unspecified atom stereocenters. The Morgan fingerprint density at radius 2 is 2.23 bits per heavy atom. The van der Waals surface area contributed by atoms with E-state index in [0.717, 1.165) is 25.3 Å². The third-order valence-electron chi connectivity index (χ3n) is 4.85. The number of hydrogen-bond acceptors (Lipinski definition) is 3. The molecule has 2 aliphatic rings. The van der Waals surface area contributed by atoms with Crippen molar-refractivity contribution in [2.24, 2.45) is 5.92 Å². The maximum Gasteiger partial charge on any atom is 0.119 e. The second-order valence-electron chi connectivity index (χ2n) is 6.10. The highest BCUT2D eigenvalue weighted by atomic mass is 32.1. The van der Waals surface area contributed by atoms with E-state index in [4.69, 9.17) is 4.74 Å². The predicted molar refractivity (Wildman–Crippen MR) is 90.7 cm³/mol. The smallest absolute Gasteiger partial charge is 0.119 e. The molecule has 1 saturated heterocycles. The number of rotatable bonds is 4. The summed E-state index contributed by atoms with van der Waals surface area (Å²) in [6, 6.07) is 6.57. The summed E-state index contributed by atoms with van der Waals surface area (Å²) in [5.74, 6) is 1.01. The van der Waals surface area contributed by atoms with Gasteiger partial charge in [0, 0.05) is 25.0 Å². The first-order valence-corrected chi connectivity index (χ1v) is 7.96. The Morgan fingerprint density at radius 1 is 1.41 bits per heavy atom. The summed E-state index contributed by atoms with van der Waals surface area (Å²) in [5, 5.41) is 10.3. The Morgan fingerprint density at radius 3 is 2.95 bits per heavy atom. The van der Waals surface area contributed by atoms with Crippen molar-refractivity contribution in [3.05, 3.63) is 29.3 Å². The number of alkyl halides is 1. The van der Waals surface area contributed by atoms with Crippen LogP contribution in [0.15, 0.2) is 18.2 Å². The molecule has 5 heteroatoms. The largest absolute Gasteiger partial charge is 0.494 e. The molecule has 1 N–H and O–H groups in total. The molecular formula is C17H26FNO2S. The van der Waals surface area contributed by atoms with E-state index in [9.17, 15) is 9.50 Å². The van der Waals surface area contributed by atoms with Crippen LogP contribution < -0.4 is 4.74 Å². The number of ether oxygens (including phenoxy) is 1. The normalized spacial score (nSPS) is 27.5. The number of nitrogens with zero attached hydrogens (tertiary/aromatic N) is 1. The maximum atomic E-state index is 12.6. The molecule has 3 rings (SSSR count). The van der Waals surface area contributed by atoms with Crippen LogP contribution in [0.3, 0.4) is 0 Å². The van der Waals surface area contributed by atoms with Crippen LogP contribution in [-0.2, 0) is 6.42 Å². The maximum absolute atomic E-state index is 12.6. The molecule has 0 spiro atoms. The highest BCUT2D eigenvalue weighted by Gasteiger charge is 2.37. The van der Waals surface area contributed by atoms with Crippen molar-refractivity contribution < 1.29 is 14.2 Å². The van der Waals surface area contributed by atoms with E-state index in [1.54, 1.807) is 0 Å². The second-order valence-corrected chi connectivity index (χ2v) is 6.10. The monoisotopic (exact) mass is 327 g/mol. The standard InChI is InChI=1S/C17H24FNO2.H2S/c1-2-21-14-3-4-15-12(9-14)6-8-19-11-13(5-7-18)17(20)10-16(15)19;/h3-4,9,13,16-17,20H,2,5-8,10-11H2,1H3;1H2/t13-,16-,17+;/m1./s1/i18+0;. The fourth-order valence-corrected chi connectivity index (χ4v) is 3.76. The lowest BCUT2D eigenvalue weighted by Crippen LogP contribution is -2.48. The second kappa shape index (κ2) is 7.66.